The van der Waals surface area contributed by atoms with Crippen molar-refractivity contribution >= 4 is 60.0 Å². The van der Waals surface area contributed by atoms with Crippen molar-refractivity contribution in [3.8, 4) is 5.75 Å². The number of oxazole rings is 1. The van der Waals surface area contributed by atoms with Crippen molar-refractivity contribution in [1.82, 2.24) is 13.9 Å². The number of hydrogen-bond donors (Lipinski definition) is 2. The first-order valence-corrected chi connectivity index (χ1v) is 14.0. The summed E-state index contributed by atoms with van der Waals surface area (Å²) in [5.41, 5.74) is 5.54. The highest BCUT2D eigenvalue weighted by Crippen LogP contribution is 2.37. The molecule has 0 spiro atoms. The van der Waals surface area contributed by atoms with E-state index in [0.717, 1.165) is 4.47 Å². The molecule has 1 aromatic heterocycles. The predicted octanol–water partition coefficient (Wildman–Crippen LogP) is 3.77. The first-order chi connectivity index (χ1) is 16.9. The van der Waals surface area contributed by atoms with E-state index in [-0.39, 0.29) is 31.6 Å². The van der Waals surface area contributed by atoms with Crippen molar-refractivity contribution in [2.24, 2.45) is 0 Å². The molecule has 0 atom stereocenters. The highest BCUT2D eigenvalue weighted by Gasteiger charge is 2.31. The smallest absolute Gasteiger partial charge is 0.270 e. The Morgan fingerprint density at radius 1 is 0.919 bits per heavy atom. The van der Waals surface area contributed by atoms with Gasteiger partial charge in [-0.15, -0.1) is 0 Å². The van der Waals surface area contributed by atoms with Gasteiger partial charge in [0.2, 0.25) is 5.89 Å². The Balaban J connectivity index is 0.000000271. The normalized spacial score (nSPS) is 12.7. The lowest BCUT2D eigenvalue weighted by Gasteiger charge is -2.16. The Bertz CT molecular complexity index is 1500. The van der Waals surface area contributed by atoms with Crippen LogP contribution < -0.4 is 5.73 Å². The Kier molecular flexibility index (Phi) is 9.47. The number of aromatic hydroxyl groups is 1. The third-order valence-electron chi connectivity index (χ3n) is 4.93. The van der Waals surface area contributed by atoms with Gasteiger partial charge in [0.1, 0.15) is 15.3 Å². The first-order valence-electron chi connectivity index (χ1n) is 10.3. The van der Waals surface area contributed by atoms with Gasteiger partial charge in [-0.3, -0.25) is 9.68 Å². The molecule has 0 saturated carbocycles. The number of fused-ring (bicyclic) bond motifs is 1. The SMILES string of the molecule is CON(C)S(=O)(=O)c1c(Cl)ccc(N)c1O.CON(C)S(=O)(=O)c1c(Cl)ccc2nc(C(C)(C)C)oc12. The number of phenols is 1. The van der Waals surface area contributed by atoms with Gasteiger partial charge in [-0.2, -0.15) is 0 Å². The van der Waals surface area contributed by atoms with Gasteiger partial charge in [0.05, 0.1) is 30.0 Å². The summed E-state index contributed by atoms with van der Waals surface area (Å²) in [6, 6.07) is 5.70. The van der Waals surface area contributed by atoms with E-state index in [1.807, 2.05) is 20.8 Å². The van der Waals surface area contributed by atoms with Crippen LogP contribution in [-0.4, -0.2) is 64.2 Å². The zero-order chi connectivity index (χ0) is 28.5. The van der Waals surface area contributed by atoms with Crippen LogP contribution in [-0.2, 0) is 35.1 Å². The number of nitrogen functional groups attached to an aromatic ring is 1. The van der Waals surface area contributed by atoms with Crippen LogP contribution in [0.25, 0.3) is 11.1 Å². The lowest BCUT2D eigenvalue weighted by atomic mass is 9.97. The van der Waals surface area contributed by atoms with Crippen molar-refractivity contribution in [2.45, 2.75) is 36.0 Å². The molecule has 3 aromatic rings. The van der Waals surface area contributed by atoms with Gasteiger partial charge in [0.15, 0.2) is 11.3 Å². The van der Waals surface area contributed by atoms with Gasteiger partial charge >= 0.3 is 0 Å². The summed E-state index contributed by atoms with van der Waals surface area (Å²) in [4.78, 5) is 13.0. The molecule has 0 bridgehead atoms. The number of rotatable bonds is 6. The van der Waals surface area contributed by atoms with Crippen LogP contribution in [0.15, 0.2) is 38.5 Å². The van der Waals surface area contributed by atoms with E-state index in [0.29, 0.717) is 15.9 Å². The van der Waals surface area contributed by atoms with Crippen LogP contribution in [0.5, 0.6) is 5.75 Å². The molecule has 1 heterocycles. The predicted molar refractivity (Wildman–Crippen MR) is 139 cm³/mol. The highest BCUT2D eigenvalue weighted by atomic mass is 35.5. The largest absolute Gasteiger partial charge is 0.504 e. The van der Waals surface area contributed by atoms with Gasteiger partial charge < -0.3 is 15.3 Å². The Hall–Kier alpha value is -2.17. The third-order valence-corrected chi connectivity index (χ3v) is 9.28. The first kappa shape index (κ1) is 31.1. The van der Waals surface area contributed by atoms with E-state index in [1.165, 1.54) is 46.5 Å². The van der Waals surface area contributed by atoms with Crippen molar-refractivity contribution in [3.05, 3.63) is 40.2 Å². The second kappa shape index (κ2) is 11.3. The number of nitrogens with zero attached hydrogens (tertiary/aromatic N) is 3. The van der Waals surface area contributed by atoms with Gasteiger partial charge in [-0.1, -0.05) is 52.9 Å². The number of anilines is 1. The van der Waals surface area contributed by atoms with Gasteiger partial charge in [0.25, 0.3) is 20.0 Å². The number of benzene rings is 2. The van der Waals surface area contributed by atoms with E-state index in [1.54, 1.807) is 6.07 Å². The van der Waals surface area contributed by atoms with Crippen LogP contribution in [0.1, 0.15) is 26.7 Å². The Morgan fingerprint density at radius 2 is 1.38 bits per heavy atom. The van der Waals surface area contributed by atoms with Crippen LogP contribution in [0, 0.1) is 0 Å². The summed E-state index contributed by atoms with van der Waals surface area (Å²) >= 11 is 11.8. The summed E-state index contributed by atoms with van der Waals surface area (Å²) in [6.45, 7) is 5.78. The fraction of sp³-hybridized carbons (Fsp3) is 0.381. The molecule has 0 amide bonds. The van der Waals surface area contributed by atoms with Crippen molar-refractivity contribution < 1.29 is 36.0 Å². The van der Waals surface area contributed by atoms with Crippen LogP contribution in [0.3, 0.4) is 0 Å². The fourth-order valence-electron chi connectivity index (χ4n) is 2.77. The van der Waals surface area contributed by atoms with Gasteiger partial charge in [-0.25, -0.2) is 21.8 Å². The molecule has 0 aliphatic rings. The van der Waals surface area contributed by atoms with E-state index in [9.17, 15) is 21.9 Å². The van der Waals surface area contributed by atoms with Crippen molar-refractivity contribution in [1.29, 1.82) is 0 Å². The number of hydrogen-bond acceptors (Lipinski definition) is 10. The minimum atomic E-state index is -4.02. The second-order valence-electron chi connectivity index (χ2n) is 8.50. The molecule has 0 radical (unpaired) electrons. The molecule has 3 N–H and O–H groups in total. The second-order valence-corrected chi connectivity index (χ2v) is 13.1. The lowest BCUT2D eigenvalue weighted by Crippen LogP contribution is -2.26. The summed E-state index contributed by atoms with van der Waals surface area (Å²) in [5.74, 6) is -0.146. The van der Waals surface area contributed by atoms with Crippen LogP contribution in [0.4, 0.5) is 5.69 Å². The molecule has 0 aliphatic heterocycles. The standard InChI is InChI=1S/C13H17ClN2O4S.C8H11ClN2O4S/c1-13(2,3)12-15-9-7-6-8(14)11(10(9)20-12)21(17,18)16(4)19-5;1-11(15-2)16(13,14)8-5(9)3-4-6(10)7(8)12/h6-7H,1-5H3;3-4,12H,10H2,1-2H3. The van der Waals surface area contributed by atoms with E-state index in [4.69, 9.17) is 38.2 Å². The van der Waals surface area contributed by atoms with Crippen LogP contribution in [0.2, 0.25) is 10.0 Å². The van der Waals surface area contributed by atoms with E-state index < -0.39 is 30.7 Å². The zero-order valence-electron chi connectivity index (χ0n) is 21.1. The highest BCUT2D eigenvalue weighted by molar-refractivity contribution is 7.89. The maximum Gasteiger partial charge on any atom is 0.270 e. The average Bonchev–Trinajstić information content (AvgIpc) is 3.25. The Morgan fingerprint density at radius 3 is 1.86 bits per heavy atom. The maximum atomic E-state index is 12.5. The molecule has 0 unspecified atom stereocenters. The van der Waals surface area contributed by atoms with Crippen LogP contribution >= 0.6 is 23.2 Å². The van der Waals surface area contributed by atoms with E-state index >= 15 is 0 Å². The summed E-state index contributed by atoms with van der Waals surface area (Å²) in [7, 11) is -3.07. The fourth-order valence-corrected chi connectivity index (χ4v) is 5.93. The summed E-state index contributed by atoms with van der Waals surface area (Å²) < 4.78 is 55.7. The number of nitrogens with two attached hydrogens (primary N) is 1. The van der Waals surface area contributed by atoms with Crippen molar-refractivity contribution in [2.75, 3.05) is 34.0 Å². The number of aromatic nitrogens is 1. The molecule has 0 fully saturated rings. The maximum absolute atomic E-state index is 12.5. The molecule has 206 valence electrons. The average molecular weight is 600 g/mol. The summed E-state index contributed by atoms with van der Waals surface area (Å²) in [6.07, 6.45) is 0. The lowest BCUT2D eigenvalue weighted by molar-refractivity contribution is -0.0259. The quantitative estimate of drug-likeness (QED) is 0.242. The van der Waals surface area contributed by atoms with Crippen molar-refractivity contribution in [3.63, 3.8) is 0 Å². The molecular formula is C21H28Cl2N4O8S2. The molecule has 0 aliphatic carbocycles. The molecule has 2 aromatic carbocycles. The monoisotopic (exact) mass is 598 g/mol. The minimum absolute atomic E-state index is 0.0583. The molecule has 3 rings (SSSR count). The van der Waals surface area contributed by atoms with E-state index in [2.05, 4.69) is 9.82 Å². The number of sulfonamides is 2. The van der Waals surface area contributed by atoms with Gasteiger partial charge in [-0.05, 0) is 24.3 Å². The number of hydroxylamine groups is 2. The summed E-state index contributed by atoms with van der Waals surface area (Å²) in [5, 5.41) is 9.52. The molecule has 37 heavy (non-hydrogen) atoms. The molecule has 12 nitrogen and oxygen atoms in total. The molecule has 16 heteroatoms. The third kappa shape index (κ3) is 6.29. The molecular weight excluding hydrogens is 571 g/mol. The molecule has 0 saturated heterocycles. The topological polar surface area (TPSA) is 166 Å². The van der Waals surface area contributed by atoms with Gasteiger partial charge in [0, 0.05) is 19.5 Å². The Labute approximate surface area is 225 Å². The number of phenolic OH excluding ortho intramolecular Hbond substituents is 1. The zero-order valence-corrected chi connectivity index (χ0v) is 24.3. The number of halogens is 2. The minimum Gasteiger partial charge on any atom is -0.504 e.